The Kier molecular flexibility index (Phi) is 4.59. The number of H-pyrrole nitrogens is 1. The molecule has 0 unspecified atom stereocenters. The third-order valence-corrected chi connectivity index (χ3v) is 3.90. The van der Waals surface area contributed by atoms with Gasteiger partial charge in [-0.1, -0.05) is 36.0 Å². The second-order valence-corrected chi connectivity index (χ2v) is 5.11. The number of benzene rings is 1. The van der Waals surface area contributed by atoms with Gasteiger partial charge in [0.2, 0.25) is 5.91 Å². The highest BCUT2D eigenvalue weighted by Gasteiger charge is 2.09. The van der Waals surface area contributed by atoms with E-state index < -0.39 is 0 Å². The Balaban J connectivity index is 2.11. The normalized spacial score (nSPS) is 10.5. The molecule has 2 rings (SSSR count). The SMILES string of the molecule is Cn1c(SCc2ccccc2CC(=O)NN)n[nH]c1=O. The average Bonchev–Trinajstić information content (AvgIpc) is 2.78. The summed E-state index contributed by atoms with van der Waals surface area (Å²) in [5.41, 5.74) is 3.79. The monoisotopic (exact) mass is 293 g/mol. The molecule has 0 radical (unpaired) electrons. The van der Waals surface area contributed by atoms with Crippen molar-refractivity contribution < 1.29 is 4.79 Å². The lowest BCUT2D eigenvalue weighted by Crippen LogP contribution is -2.31. The first-order valence-corrected chi connectivity index (χ1v) is 6.90. The summed E-state index contributed by atoms with van der Waals surface area (Å²) in [6.07, 6.45) is 0.229. The molecule has 1 heterocycles. The Morgan fingerprint density at radius 1 is 1.45 bits per heavy atom. The number of nitrogens with zero attached hydrogens (tertiary/aromatic N) is 2. The lowest BCUT2D eigenvalue weighted by molar-refractivity contribution is -0.120. The summed E-state index contributed by atoms with van der Waals surface area (Å²) < 4.78 is 1.44. The van der Waals surface area contributed by atoms with Gasteiger partial charge in [-0.2, -0.15) is 0 Å². The number of aromatic nitrogens is 3. The summed E-state index contributed by atoms with van der Waals surface area (Å²) >= 11 is 1.43. The van der Waals surface area contributed by atoms with E-state index in [9.17, 15) is 9.59 Å². The summed E-state index contributed by atoms with van der Waals surface area (Å²) in [5, 5.41) is 6.92. The number of nitrogens with two attached hydrogens (primary N) is 1. The highest BCUT2D eigenvalue weighted by atomic mass is 32.2. The Labute approximate surface area is 119 Å². The minimum Gasteiger partial charge on any atom is -0.294 e. The Morgan fingerprint density at radius 3 is 2.75 bits per heavy atom. The summed E-state index contributed by atoms with van der Waals surface area (Å²) in [6, 6.07) is 7.60. The zero-order valence-corrected chi connectivity index (χ0v) is 11.7. The summed E-state index contributed by atoms with van der Waals surface area (Å²) in [6.45, 7) is 0. The molecule has 1 aromatic carbocycles. The molecule has 0 spiro atoms. The molecule has 7 nitrogen and oxygen atoms in total. The van der Waals surface area contributed by atoms with Crippen molar-refractivity contribution in [1.82, 2.24) is 20.2 Å². The second-order valence-electron chi connectivity index (χ2n) is 4.17. The van der Waals surface area contributed by atoms with Crippen molar-refractivity contribution in [3.05, 3.63) is 45.9 Å². The van der Waals surface area contributed by atoms with Gasteiger partial charge in [0, 0.05) is 12.8 Å². The molecule has 106 valence electrons. The third-order valence-electron chi connectivity index (χ3n) is 2.83. The maximum atomic E-state index is 11.4. The number of hydrogen-bond acceptors (Lipinski definition) is 5. The summed E-state index contributed by atoms with van der Waals surface area (Å²) in [5.74, 6) is 5.48. The van der Waals surface area contributed by atoms with Crippen molar-refractivity contribution in [2.75, 3.05) is 0 Å². The summed E-state index contributed by atoms with van der Waals surface area (Å²) in [7, 11) is 1.65. The molecule has 2 aromatic rings. The number of hydrazine groups is 1. The molecule has 1 aromatic heterocycles. The minimum absolute atomic E-state index is 0.229. The topological polar surface area (TPSA) is 106 Å². The van der Waals surface area contributed by atoms with Gasteiger partial charge in [0.1, 0.15) is 0 Å². The number of carbonyl (C=O) groups is 1. The van der Waals surface area contributed by atoms with Crippen molar-refractivity contribution in [2.45, 2.75) is 17.3 Å². The van der Waals surface area contributed by atoms with E-state index in [0.717, 1.165) is 11.1 Å². The number of rotatable bonds is 5. The molecule has 0 aliphatic heterocycles. The van der Waals surface area contributed by atoms with E-state index in [1.165, 1.54) is 16.3 Å². The fourth-order valence-corrected chi connectivity index (χ4v) is 2.65. The van der Waals surface area contributed by atoms with Gasteiger partial charge in [0.15, 0.2) is 5.16 Å². The van der Waals surface area contributed by atoms with Crippen LogP contribution in [0.1, 0.15) is 11.1 Å². The molecule has 0 aliphatic carbocycles. The van der Waals surface area contributed by atoms with Crippen molar-refractivity contribution >= 4 is 17.7 Å². The van der Waals surface area contributed by atoms with Gasteiger partial charge < -0.3 is 0 Å². The molecule has 20 heavy (non-hydrogen) atoms. The Bertz CT molecular complexity index is 664. The number of hydrogen-bond donors (Lipinski definition) is 3. The third kappa shape index (κ3) is 3.28. The number of amides is 1. The highest BCUT2D eigenvalue weighted by Crippen LogP contribution is 2.21. The molecule has 4 N–H and O–H groups in total. The van der Waals surface area contributed by atoms with Crippen LogP contribution < -0.4 is 17.0 Å². The molecule has 0 atom stereocenters. The largest absolute Gasteiger partial charge is 0.343 e. The molecule has 1 amide bonds. The predicted octanol–water partition coefficient (Wildman–Crippen LogP) is -0.0669. The van der Waals surface area contributed by atoms with E-state index in [4.69, 9.17) is 5.84 Å². The zero-order chi connectivity index (χ0) is 14.5. The van der Waals surface area contributed by atoms with E-state index in [1.807, 2.05) is 24.3 Å². The fraction of sp³-hybridized carbons (Fsp3) is 0.250. The number of carbonyl (C=O) groups excluding carboxylic acids is 1. The van der Waals surface area contributed by atoms with Gasteiger partial charge in [-0.3, -0.25) is 14.8 Å². The van der Waals surface area contributed by atoms with Crippen molar-refractivity contribution in [3.63, 3.8) is 0 Å². The van der Waals surface area contributed by atoms with Crippen LogP contribution in [-0.4, -0.2) is 20.7 Å². The zero-order valence-electron chi connectivity index (χ0n) is 10.9. The van der Waals surface area contributed by atoms with Crippen LogP contribution in [0.5, 0.6) is 0 Å². The standard InChI is InChI=1S/C12H15N5O2S/c1-17-11(19)15-16-12(17)20-7-9-5-3-2-4-8(9)6-10(18)14-13/h2-5H,6-7,13H2,1H3,(H,14,18)(H,15,19). The van der Waals surface area contributed by atoms with Crippen LogP contribution in [0, 0.1) is 0 Å². The second kappa shape index (κ2) is 6.40. The van der Waals surface area contributed by atoms with E-state index in [2.05, 4.69) is 15.6 Å². The van der Waals surface area contributed by atoms with Gasteiger partial charge in [-0.15, -0.1) is 5.10 Å². The number of thioether (sulfide) groups is 1. The van der Waals surface area contributed by atoms with Gasteiger partial charge >= 0.3 is 5.69 Å². The highest BCUT2D eigenvalue weighted by molar-refractivity contribution is 7.98. The smallest absolute Gasteiger partial charge is 0.294 e. The summed E-state index contributed by atoms with van der Waals surface area (Å²) in [4.78, 5) is 22.6. The first-order chi connectivity index (χ1) is 9.61. The lowest BCUT2D eigenvalue weighted by atomic mass is 10.1. The van der Waals surface area contributed by atoms with Crippen LogP contribution in [0.15, 0.2) is 34.2 Å². The van der Waals surface area contributed by atoms with Crippen LogP contribution >= 0.6 is 11.8 Å². The predicted molar refractivity (Wildman–Crippen MR) is 75.9 cm³/mol. The van der Waals surface area contributed by atoms with E-state index in [0.29, 0.717) is 10.9 Å². The quantitative estimate of drug-likeness (QED) is 0.310. The first-order valence-electron chi connectivity index (χ1n) is 5.92. The Morgan fingerprint density at radius 2 is 2.15 bits per heavy atom. The molecular formula is C12H15N5O2S. The van der Waals surface area contributed by atoms with Gasteiger partial charge in [-0.05, 0) is 11.1 Å². The van der Waals surface area contributed by atoms with Crippen LogP contribution in [0.3, 0.4) is 0 Å². The maximum absolute atomic E-state index is 11.4. The molecule has 0 saturated heterocycles. The molecular weight excluding hydrogens is 278 g/mol. The minimum atomic E-state index is -0.247. The molecule has 0 fully saturated rings. The van der Waals surface area contributed by atoms with E-state index in [1.54, 1.807) is 7.05 Å². The molecule has 0 aliphatic rings. The van der Waals surface area contributed by atoms with Crippen molar-refractivity contribution in [1.29, 1.82) is 0 Å². The van der Waals surface area contributed by atoms with Crippen LogP contribution in [0.2, 0.25) is 0 Å². The van der Waals surface area contributed by atoms with Crippen LogP contribution in [0.25, 0.3) is 0 Å². The molecule has 8 heteroatoms. The van der Waals surface area contributed by atoms with Gasteiger partial charge in [-0.25, -0.2) is 15.7 Å². The van der Waals surface area contributed by atoms with Gasteiger partial charge in [0.05, 0.1) is 6.42 Å². The average molecular weight is 293 g/mol. The van der Waals surface area contributed by atoms with Gasteiger partial charge in [0.25, 0.3) is 0 Å². The van der Waals surface area contributed by atoms with Crippen LogP contribution in [-0.2, 0) is 24.0 Å². The fourth-order valence-electron chi connectivity index (χ4n) is 1.70. The van der Waals surface area contributed by atoms with E-state index in [-0.39, 0.29) is 18.0 Å². The molecule has 0 bridgehead atoms. The lowest BCUT2D eigenvalue weighted by Gasteiger charge is -2.08. The van der Waals surface area contributed by atoms with E-state index >= 15 is 0 Å². The number of nitrogens with one attached hydrogen (secondary N) is 2. The number of aromatic amines is 1. The maximum Gasteiger partial charge on any atom is 0.343 e. The Hall–Kier alpha value is -2.06. The molecule has 0 saturated carbocycles. The van der Waals surface area contributed by atoms with Crippen molar-refractivity contribution in [3.8, 4) is 0 Å². The van der Waals surface area contributed by atoms with Crippen molar-refractivity contribution in [2.24, 2.45) is 12.9 Å². The first kappa shape index (κ1) is 14.4. The van der Waals surface area contributed by atoms with Crippen LogP contribution in [0.4, 0.5) is 0 Å².